The van der Waals surface area contributed by atoms with Gasteiger partial charge in [-0.15, -0.1) is 0 Å². The molecule has 0 aromatic heterocycles. The van der Waals surface area contributed by atoms with Crippen molar-refractivity contribution in [1.82, 2.24) is 30.8 Å². The maximum atomic E-state index is 14.5. The predicted molar refractivity (Wildman–Crippen MR) is 194 cm³/mol. The second kappa shape index (κ2) is 17.2. The highest BCUT2D eigenvalue weighted by atomic mass is 31.2. The van der Waals surface area contributed by atoms with E-state index in [4.69, 9.17) is 13.8 Å². The van der Waals surface area contributed by atoms with Gasteiger partial charge in [0.15, 0.2) is 0 Å². The van der Waals surface area contributed by atoms with Crippen molar-refractivity contribution in [3.05, 3.63) is 47.3 Å². The zero-order chi connectivity index (χ0) is 38.5. The fourth-order valence-corrected chi connectivity index (χ4v) is 9.35. The molecule has 0 bridgehead atoms. The van der Waals surface area contributed by atoms with Crippen LogP contribution in [0.1, 0.15) is 95.6 Å². The molecular formula is C37H52FN6O9P. The summed E-state index contributed by atoms with van der Waals surface area (Å²) in [6, 6.07) is 2.05. The zero-order valence-electron chi connectivity index (χ0n) is 31.0. The summed E-state index contributed by atoms with van der Waals surface area (Å²) >= 11 is 0. The van der Waals surface area contributed by atoms with Crippen molar-refractivity contribution in [2.24, 2.45) is 5.92 Å². The number of fused-ring (bicyclic) bond motifs is 3. The molecule has 17 heteroatoms. The standard InChI is InChI=1S/C37H52FN6O9P/c1-3-51-54(50,52-4-2)42-34(47)37-20-25(37)14-8-6-5-7-9-18-30(40-35(48)39-26-15-10-11-16-26)33(46)44-22-27(19-31(44)32(45)41-37)53-36(49)43-21-24-13-12-17-29(38)28(24)23-43/h8,12-14,17,25-27,30-31H,3-7,9-11,15-16,18-23H2,1-2H3,(H,41,45)(H2,39,40,48)(H,42,47,50)/b14-8-/t25?,27-,30+,31+,37?/m1/s1. The fraction of sp³-hybridized carbons (Fsp3) is 0.649. The van der Waals surface area contributed by atoms with E-state index in [0.29, 0.717) is 30.4 Å². The number of urea groups is 1. The second-order valence-corrected chi connectivity index (χ2v) is 16.5. The van der Waals surface area contributed by atoms with E-state index in [9.17, 15) is 32.9 Å². The van der Waals surface area contributed by atoms with Gasteiger partial charge in [-0.05, 0) is 64.0 Å². The molecule has 0 radical (unpaired) electrons. The number of halogens is 1. The SMILES string of the molecule is CCOP(=O)(NC(=O)C12CC1/C=C\CCCCC[C@H](NC(=O)NC1CCCC1)C(=O)N1C[C@H](OC(=O)N3Cc4cccc(F)c4C3)C[C@H]1C(=O)N2)OCC. The van der Waals surface area contributed by atoms with Crippen molar-refractivity contribution < 1.29 is 46.7 Å². The number of nitrogens with zero attached hydrogens (tertiary/aromatic N) is 2. The van der Waals surface area contributed by atoms with Crippen LogP contribution in [0, 0.1) is 11.7 Å². The Kier molecular flexibility index (Phi) is 12.6. The maximum Gasteiger partial charge on any atom is 0.434 e. The molecule has 2 aliphatic carbocycles. The molecule has 2 unspecified atom stereocenters. The van der Waals surface area contributed by atoms with Gasteiger partial charge in [0.1, 0.15) is 29.5 Å². The Balaban J connectivity index is 1.24. The third-order valence-electron chi connectivity index (χ3n) is 10.9. The summed E-state index contributed by atoms with van der Waals surface area (Å²) in [4.78, 5) is 71.9. The first-order valence-electron chi connectivity index (χ1n) is 19.2. The number of carbonyl (C=O) groups excluding carboxylic acids is 5. The topological polar surface area (TPSA) is 185 Å². The molecule has 1 saturated heterocycles. The second-order valence-electron chi connectivity index (χ2n) is 14.7. The smallest absolute Gasteiger partial charge is 0.434 e. The van der Waals surface area contributed by atoms with Crippen LogP contribution in [0.5, 0.6) is 0 Å². The van der Waals surface area contributed by atoms with Crippen molar-refractivity contribution >= 4 is 37.6 Å². The van der Waals surface area contributed by atoms with Gasteiger partial charge in [-0.2, -0.15) is 0 Å². The lowest BCUT2D eigenvalue weighted by Gasteiger charge is -2.30. The molecule has 2 saturated carbocycles. The van der Waals surface area contributed by atoms with E-state index in [-0.39, 0.29) is 51.7 Å². The monoisotopic (exact) mass is 774 g/mol. The molecule has 0 spiro atoms. The van der Waals surface area contributed by atoms with Gasteiger partial charge in [-0.1, -0.05) is 50.0 Å². The third kappa shape index (κ3) is 9.09. The molecule has 5 aliphatic rings. The van der Waals surface area contributed by atoms with E-state index in [2.05, 4.69) is 21.0 Å². The Morgan fingerprint density at radius 2 is 1.74 bits per heavy atom. The number of ether oxygens (including phenoxy) is 1. The number of nitrogens with one attached hydrogen (secondary N) is 4. The normalized spacial score (nSPS) is 28.1. The van der Waals surface area contributed by atoms with Gasteiger partial charge in [-0.3, -0.25) is 33.4 Å². The van der Waals surface area contributed by atoms with E-state index in [1.54, 1.807) is 26.0 Å². The summed E-state index contributed by atoms with van der Waals surface area (Å²) < 4.78 is 44.3. The Labute approximate surface area is 315 Å². The van der Waals surface area contributed by atoms with E-state index < -0.39 is 73.1 Å². The molecule has 6 amide bonds. The molecule has 3 heterocycles. The zero-order valence-corrected chi connectivity index (χ0v) is 31.9. The van der Waals surface area contributed by atoms with Gasteiger partial charge in [-0.25, -0.2) is 18.5 Å². The molecule has 1 aromatic rings. The summed E-state index contributed by atoms with van der Waals surface area (Å²) in [6.07, 6.45) is 9.24. The average Bonchev–Trinajstić information content (AvgIpc) is 3.55. The molecule has 296 valence electrons. The highest BCUT2D eigenvalue weighted by Crippen LogP contribution is 2.50. The number of allylic oxidation sites excluding steroid dienone is 1. The Hall–Kier alpha value is -4.01. The van der Waals surface area contributed by atoms with Crippen LogP contribution in [-0.2, 0) is 45.8 Å². The molecule has 5 atom stereocenters. The molecular weight excluding hydrogens is 722 g/mol. The number of hydrogen-bond acceptors (Lipinski definition) is 9. The quantitative estimate of drug-likeness (QED) is 0.207. The highest BCUT2D eigenvalue weighted by molar-refractivity contribution is 7.52. The predicted octanol–water partition coefficient (Wildman–Crippen LogP) is 4.55. The summed E-state index contributed by atoms with van der Waals surface area (Å²) in [5.74, 6) is -2.79. The Morgan fingerprint density at radius 3 is 2.46 bits per heavy atom. The van der Waals surface area contributed by atoms with Crippen molar-refractivity contribution in [2.45, 2.75) is 127 Å². The van der Waals surface area contributed by atoms with Gasteiger partial charge in [0.05, 0.1) is 26.3 Å². The molecule has 3 fully saturated rings. The van der Waals surface area contributed by atoms with E-state index in [0.717, 1.165) is 38.5 Å². The summed E-state index contributed by atoms with van der Waals surface area (Å²) in [7, 11) is -4.05. The van der Waals surface area contributed by atoms with Crippen LogP contribution in [0.15, 0.2) is 30.4 Å². The minimum absolute atomic E-state index is 0.00579. The molecule has 1 aromatic carbocycles. The summed E-state index contributed by atoms with van der Waals surface area (Å²) in [5.41, 5.74) is -0.436. The number of carbonyl (C=O) groups is 5. The fourth-order valence-electron chi connectivity index (χ4n) is 8.01. The van der Waals surface area contributed by atoms with Gasteiger partial charge in [0.2, 0.25) is 11.8 Å². The first-order chi connectivity index (χ1) is 25.9. The Bertz CT molecular complexity index is 1660. The lowest BCUT2D eigenvalue weighted by Crippen LogP contribution is -2.58. The van der Waals surface area contributed by atoms with Gasteiger partial charge in [0.25, 0.3) is 5.91 Å². The summed E-state index contributed by atoms with van der Waals surface area (Å²) in [6.45, 7) is 3.25. The minimum Gasteiger partial charge on any atom is -0.444 e. The molecule has 3 aliphatic heterocycles. The van der Waals surface area contributed by atoms with Crippen LogP contribution in [0.4, 0.5) is 14.0 Å². The number of benzene rings is 1. The minimum atomic E-state index is -4.05. The van der Waals surface area contributed by atoms with Crippen molar-refractivity contribution in [3.63, 3.8) is 0 Å². The number of amides is 6. The van der Waals surface area contributed by atoms with Crippen LogP contribution in [0.25, 0.3) is 0 Å². The Morgan fingerprint density at radius 1 is 1.00 bits per heavy atom. The lowest BCUT2D eigenvalue weighted by atomic mass is 10.0. The van der Waals surface area contributed by atoms with E-state index in [1.165, 1.54) is 15.9 Å². The van der Waals surface area contributed by atoms with Crippen molar-refractivity contribution in [2.75, 3.05) is 19.8 Å². The average molecular weight is 775 g/mol. The van der Waals surface area contributed by atoms with Gasteiger partial charge < -0.3 is 25.6 Å². The highest BCUT2D eigenvalue weighted by Gasteiger charge is 2.62. The van der Waals surface area contributed by atoms with Crippen LogP contribution < -0.4 is 21.0 Å². The first kappa shape index (κ1) is 39.7. The molecule has 4 N–H and O–H groups in total. The number of rotatable bonds is 9. The molecule has 54 heavy (non-hydrogen) atoms. The third-order valence-corrected chi connectivity index (χ3v) is 12.6. The van der Waals surface area contributed by atoms with Gasteiger partial charge in [0, 0.05) is 30.5 Å². The maximum absolute atomic E-state index is 14.5. The largest absolute Gasteiger partial charge is 0.444 e. The van der Waals surface area contributed by atoms with E-state index >= 15 is 0 Å². The van der Waals surface area contributed by atoms with Crippen LogP contribution in [0.3, 0.4) is 0 Å². The van der Waals surface area contributed by atoms with Crippen molar-refractivity contribution in [3.8, 4) is 0 Å². The van der Waals surface area contributed by atoms with Crippen LogP contribution in [0.2, 0.25) is 0 Å². The van der Waals surface area contributed by atoms with Crippen LogP contribution >= 0.6 is 7.75 Å². The molecule has 15 nitrogen and oxygen atoms in total. The number of hydrogen-bond donors (Lipinski definition) is 4. The van der Waals surface area contributed by atoms with Gasteiger partial charge >= 0.3 is 19.9 Å². The summed E-state index contributed by atoms with van der Waals surface area (Å²) in [5, 5.41) is 11.1. The first-order valence-corrected chi connectivity index (χ1v) is 20.8. The molecule has 6 rings (SSSR count). The lowest BCUT2D eigenvalue weighted by molar-refractivity contribution is -0.141. The van der Waals surface area contributed by atoms with E-state index in [1.807, 2.05) is 12.2 Å². The van der Waals surface area contributed by atoms with Crippen LogP contribution in [-0.4, -0.2) is 89.2 Å². The van der Waals surface area contributed by atoms with Crippen molar-refractivity contribution in [1.29, 1.82) is 0 Å².